The smallest absolute Gasteiger partial charge is 0.214 e. The van der Waals surface area contributed by atoms with Gasteiger partial charge in [-0.15, -0.1) is 0 Å². The van der Waals surface area contributed by atoms with Crippen LogP contribution in [0.1, 0.15) is 37.9 Å². The van der Waals surface area contributed by atoms with Crippen LogP contribution < -0.4 is 10.1 Å². The molecule has 0 saturated carbocycles. The first kappa shape index (κ1) is 14.3. The molecular weight excluding hydrogens is 240 g/mol. The minimum absolute atomic E-state index is 0.204. The number of ether oxygens (including phenoxy) is 2. The van der Waals surface area contributed by atoms with Crippen LogP contribution in [-0.4, -0.2) is 30.3 Å². The summed E-state index contributed by atoms with van der Waals surface area (Å²) < 4.78 is 11.8. The monoisotopic (exact) mass is 264 g/mol. The molecule has 1 saturated heterocycles. The molecule has 106 valence electrons. The van der Waals surface area contributed by atoms with Crippen molar-refractivity contribution in [1.29, 1.82) is 0 Å². The third-order valence-corrected chi connectivity index (χ3v) is 3.31. The minimum Gasteiger partial charge on any atom is -0.474 e. The summed E-state index contributed by atoms with van der Waals surface area (Å²) in [6, 6.07) is 4.10. The molecule has 0 aromatic carbocycles. The molecule has 1 aliphatic rings. The van der Waals surface area contributed by atoms with E-state index in [2.05, 4.69) is 30.2 Å². The Balaban J connectivity index is 2.05. The Morgan fingerprint density at radius 2 is 2.00 bits per heavy atom. The molecule has 2 atom stereocenters. The molecule has 0 spiro atoms. The van der Waals surface area contributed by atoms with Crippen molar-refractivity contribution in [2.24, 2.45) is 0 Å². The lowest BCUT2D eigenvalue weighted by Crippen LogP contribution is -2.35. The van der Waals surface area contributed by atoms with Crippen molar-refractivity contribution < 1.29 is 9.47 Å². The van der Waals surface area contributed by atoms with Gasteiger partial charge in [0.2, 0.25) is 5.88 Å². The Morgan fingerprint density at radius 1 is 1.32 bits per heavy atom. The maximum Gasteiger partial charge on any atom is 0.214 e. The first-order valence-corrected chi connectivity index (χ1v) is 7.01. The van der Waals surface area contributed by atoms with Crippen LogP contribution in [0.15, 0.2) is 12.1 Å². The molecule has 1 aromatic rings. The molecule has 1 N–H and O–H groups in total. The van der Waals surface area contributed by atoms with Gasteiger partial charge in [-0.1, -0.05) is 0 Å². The molecule has 1 fully saturated rings. The van der Waals surface area contributed by atoms with E-state index in [1.165, 1.54) is 5.56 Å². The fraction of sp³-hybridized carbons (Fsp3) is 0.667. The highest BCUT2D eigenvalue weighted by molar-refractivity contribution is 5.24. The largest absolute Gasteiger partial charge is 0.474 e. The van der Waals surface area contributed by atoms with Gasteiger partial charge in [-0.2, -0.15) is 0 Å². The molecule has 0 bridgehead atoms. The number of rotatable bonds is 4. The third-order valence-electron chi connectivity index (χ3n) is 3.31. The number of aromatic nitrogens is 1. The Kier molecular flexibility index (Phi) is 4.77. The zero-order valence-corrected chi connectivity index (χ0v) is 12.3. The average molecular weight is 264 g/mol. The van der Waals surface area contributed by atoms with Gasteiger partial charge in [-0.25, -0.2) is 4.98 Å². The third kappa shape index (κ3) is 4.18. The quantitative estimate of drug-likeness (QED) is 0.907. The van der Waals surface area contributed by atoms with Gasteiger partial charge in [0, 0.05) is 31.1 Å². The Hall–Kier alpha value is -1.13. The number of nitrogens with zero attached hydrogens (tertiary/aromatic N) is 1. The highest BCUT2D eigenvalue weighted by Gasteiger charge is 2.26. The van der Waals surface area contributed by atoms with Crippen molar-refractivity contribution in [2.75, 3.05) is 7.05 Å². The predicted molar refractivity (Wildman–Crippen MR) is 75.4 cm³/mol. The number of aryl methyl sites for hydroxylation is 1. The van der Waals surface area contributed by atoms with Gasteiger partial charge in [-0.05, 0) is 39.4 Å². The predicted octanol–water partition coefficient (Wildman–Crippen LogP) is 2.44. The van der Waals surface area contributed by atoms with E-state index in [1.807, 2.05) is 20.0 Å². The van der Waals surface area contributed by atoms with E-state index in [4.69, 9.17) is 9.47 Å². The fourth-order valence-electron chi connectivity index (χ4n) is 2.68. The molecule has 4 nitrogen and oxygen atoms in total. The van der Waals surface area contributed by atoms with Gasteiger partial charge in [0.05, 0.1) is 12.2 Å². The van der Waals surface area contributed by atoms with Gasteiger partial charge in [-0.3, -0.25) is 0 Å². The van der Waals surface area contributed by atoms with Gasteiger partial charge in [0.25, 0.3) is 0 Å². The zero-order chi connectivity index (χ0) is 13.8. The molecule has 1 aromatic heterocycles. The highest BCUT2D eigenvalue weighted by atomic mass is 16.5. The molecule has 2 rings (SSSR count). The zero-order valence-electron chi connectivity index (χ0n) is 12.3. The van der Waals surface area contributed by atoms with Crippen LogP contribution in [0.3, 0.4) is 0 Å². The summed E-state index contributed by atoms with van der Waals surface area (Å²) in [7, 11) is 1.94. The fourth-order valence-corrected chi connectivity index (χ4v) is 2.68. The van der Waals surface area contributed by atoms with E-state index in [0.717, 1.165) is 31.0 Å². The lowest BCUT2D eigenvalue weighted by Gasteiger charge is -2.32. The SMILES string of the molecule is CNCc1cc(C)nc(OC2CC(C)OC(C)C2)c1. The molecule has 1 aliphatic heterocycles. The van der Waals surface area contributed by atoms with Crippen LogP contribution in [0.5, 0.6) is 5.88 Å². The molecule has 19 heavy (non-hydrogen) atoms. The lowest BCUT2D eigenvalue weighted by molar-refractivity contribution is -0.0729. The van der Waals surface area contributed by atoms with Gasteiger partial charge in [0.15, 0.2) is 0 Å². The molecule has 0 aliphatic carbocycles. The minimum atomic E-state index is 0.204. The number of hydrogen-bond acceptors (Lipinski definition) is 4. The average Bonchev–Trinajstić information content (AvgIpc) is 2.26. The summed E-state index contributed by atoms with van der Waals surface area (Å²) in [5.41, 5.74) is 2.20. The van der Waals surface area contributed by atoms with E-state index in [-0.39, 0.29) is 18.3 Å². The van der Waals surface area contributed by atoms with Crippen LogP contribution in [-0.2, 0) is 11.3 Å². The standard InChI is InChI=1S/C15H24N2O2/c1-10-5-13(9-16-4)8-15(17-10)19-14-6-11(2)18-12(3)7-14/h5,8,11-12,14,16H,6-7,9H2,1-4H3. The van der Waals surface area contributed by atoms with Gasteiger partial charge >= 0.3 is 0 Å². The maximum atomic E-state index is 6.05. The van der Waals surface area contributed by atoms with Crippen molar-refractivity contribution in [3.8, 4) is 5.88 Å². The Labute approximate surface area is 115 Å². The number of pyridine rings is 1. The van der Waals surface area contributed by atoms with Gasteiger partial charge < -0.3 is 14.8 Å². The topological polar surface area (TPSA) is 43.4 Å². The van der Waals surface area contributed by atoms with E-state index < -0.39 is 0 Å². The van der Waals surface area contributed by atoms with Crippen LogP contribution in [0.25, 0.3) is 0 Å². The van der Waals surface area contributed by atoms with Crippen molar-refractivity contribution in [2.45, 2.75) is 58.5 Å². The first-order valence-electron chi connectivity index (χ1n) is 7.01. The summed E-state index contributed by atoms with van der Waals surface area (Å²) in [6.07, 6.45) is 2.59. The second-order valence-electron chi connectivity index (χ2n) is 5.45. The van der Waals surface area contributed by atoms with Gasteiger partial charge in [0.1, 0.15) is 6.10 Å². The van der Waals surface area contributed by atoms with Crippen LogP contribution in [0.2, 0.25) is 0 Å². The molecule has 2 heterocycles. The summed E-state index contributed by atoms with van der Waals surface area (Å²) in [5, 5.41) is 3.15. The van der Waals surface area contributed by atoms with E-state index in [1.54, 1.807) is 0 Å². The summed E-state index contributed by atoms with van der Waals surface area (Å²) in [4.78, 5) is 4.47. The maximum absolute atomic E-state index is 6.05. The molecule has 0 amide bonds. The lowest BCUT2D eigenvalue weighted by atomic mass is 10.0. The van der Waals surface area contributed by atoms with Crippen molar-refractivity contribution in [1.82, 2.24) is 10.3 Å². The van der Waals surface area contributed by atoms with Crippen LogP contribution >= 0.6 is 0 Å². The number of hydrogen-bond donors (Lipinski definition) is 1. The highest BCUT2D eigenvalue weighted by Crippen LogP contribution is 2.24. The molecule has 0 radical (unpaired) electrons. The van der Waals surface area contributed by atoms with Crippen molar-refractivity contribution in [3.05, 3.63) is 23.4 Å². The molecule has 4 heteroatoms. The van der Waals surface area contributed by atoms with Crippen LogP contribution in [0.4, 0.5) is 0 Å². The Bertz CT molecular complexity index is 413. The molecular formula is C15H24N2O2. The Morgan fingerprint density at radius 3 is 2.63 bits per heavy atom. The van der Waals surface area contributed by atoms with E-state index in [9.17, 15) is 0 Å². The normalized spacial score (nSPS) is 27.3. The summed E-state index contributed by atoms with van der Waals surface area (Å²) >= 11 is 0. The molecule has 2 unspecified atom stereocenters. The second-order valence-corrected chi connectivity index (χ2v) is 5.45. The summed E-state index contributed by atoms with van der Waals surface area (Å²) in [6.45, 7) is 7.03. The van der Waals surface area contributed by atoms with E-state index >= 15 is 0 Å². The van der Waals surface area contributed by atoms with Crippen LogP contribution in [0, 0.1) is 6.92 Å². The number of nitrogens with one attached hydrogen (secondary N) is 1. The van der Waals surface area contributed by atoms with E-state index in [0.29, 0.717) is 0 Å². The second kappa shape index (κ2) is 6.35. The van der Waals surface area contributed by atoms with Crippen molar-refractivity contribution in [3.63, 3.8) is 0 Å². The summed E-state index contributed by atoms with van der Waals surface area (Å²) in [5.74, 6) is 0.733. The first-order chi connectivity index (χ1) is 9.06. The van der Waals surface area contributed by atoms with Crippen molar-refractivity contribution >= 4 is 0 Å².